The minimum atomic E-state index is 0.107. The third-order valence-electron chi connectivity index (χ3n) is 3.62. The van der Waals surface area contributed by atoms with Gasteiger partial charge in [-0.2, -0.15) is 5.10 Å². The first-order valence-electron chi connectivity index (χ1n) is 7.10. The van der Waals surface area contributed by atoms with E-state index in [4.69, 9.17) is 10.5 Å². The van der Waals surface area contributed by atoms with Crippen LogP contribution >= 0.6 is 0 Å². The average Bonchev–Trinajstić information content (AvgIpc) is 2.72. The Morgan fingerprint density at radius 1 is 1.33 bits per heavy atom. The highest BCUT2D eigenvalue weighted by Gasteiger charge is 2.18. The SMILES string of the molecule is COc1ccc(N(C)c2c(CC(C)N)c(C)nn2C)cc1. The van der Waals surface area contributed by atoms with Gasteiger partial charge in [-0.05, 0) is 44.5 Å². The second-order valence-electron chi connectivity index (χ2n) is 5.45. The van der Waals surface area contributed by atoms with Gasteiger partial charge in [0.15, 0.2) is 0 Å². The van der Waals surface area contributed by atoms with Crippen molar-refractivity contribution in [1.29, 1.82) is 0 Å². The first-order chi connectivity index (χ1) is 9.93. The van der Waals surface area contributed by atoms with Crippen LogP contribution in [0.4, 0.5) is 11.5 Å². The Kier molecular flexibility index (Phi) is 4.53. The summed E-state index contributed by atoms with van der Waals surface area (Å²) >= 11 is 0. The summed E-state index contributed by atoms with van der Waals surface area (Å²) in [7, 11) is 5.68. The van der Waals surface area contributed by atoms with E-state index in [-0.39, 0.29) is 6.04 Å². The number of benzene rings is 1. The number of methoxy groups -OCH3 is 1. The maximum Gasteiger partial charge on any atom is 0.134 e. The molecule has 0 radical (unpaired) electrons. The van der Waals surface area contributed by atoms with Crippen LogP contribution in [0, 0.1) is 6.92 Å². The Bertz CT molecular complexity index is 601. The van der Waals surface area contributed by atoms with Crippen LogP contribution < -0.4 is 15.4 Å². The number of anilines is 2. The van der Waals surface area contributed by atoms with Gasteiger partial charge in [-0.1, -0.05) is 0 Å². The van der Waals surface area contributed by atoms with Crippen molar-refractivity contribution in [3.63, 3.8) is 0 Å². The molecule has 1 heterocycles. The highest BCUT2D eigenvalue weighted by Crippen LogP contribution is 2.30. The van der Waals surface area contributed by atoms with Crippen LogP contribution in [0.15, 0.2) is 24.3 Å². The molecular weight excluding hydrogens is 264 g/mol. The number of hydrogen-bond acceptors (Lipinski definition) is 4. The summed E-state index contributed by atoms with van der Waals surface area (Å²) in [6.07, 6.45) is 0.815. The van der Waals surface area contributed by atoms with Crippen LogP contribution in [-0.4, -0.2) is 30.0 Å². The third kappa shape index (κ3) is 3.19. The molecule has 2 aromatic rings. The molecule has 0 fully saturated rings. The Morgan fingerprint density at radius 2 is 1.95 bits per heavy atom. The zero-order valence-electron chi connectivity index (χ0n) is 13.4. The topological polar surface area (TPSA) is 56.3 Å². The van der Waals surface area contributed by atoms with Crippen LogP contribution in [-0.2, 0) is 13.5 Å². The van der Waals surface area contributed by atoms with Gasteiger partial charge in [0.1, 0.15) is 11.6 Å². The fourth-order valence-corrected chi connectivity index (χ4v) is 2.60. The van der Waals surface area contributed by atoms with E-state index in [9.17, 15) is 0 Å². The van der Waals surface area contributed by atoms with Crippen LogP contribution in [0.25, 0.3) is 0 Å². The fraction of sp³-hybridized carbons (Fsp3) is 0.438. The lowest BCUT2D eigenvalue weighted by molar-refractivity contribution is 0.415. The Labute approximate surface area is 126 Å². The molecule has 1 atom stereocenters. The van der Waals surface area contributed by atoms with Crippen molar-refractivity contribution in [3.8, 4) is 5.75 Å². The lowest BCUT2D eigenvalue weighted by atomic mass is 10.1. The maximum absolute atomic E-state index is 5.98. The highest BCUT2D eigenvalue weighted by molar-refractivity contribution is 5.64. The molecule has 0 saturated carbocycles. The number of nitrogens with two attached hydrogens (primary N) is 1. The van der Waals surface area contributed by atoms with Crippen molar-refractivity contribution in [2.24, 2.45) is 12.8 Å². The first kappa shape index (κ1) is 15.4. The number of ether oxygens (including phenoxy) is 1. The predicted octanol–water partition coefficient (Wildman–Crippen LogP) is 2.39. The summed E-state index contributed by atoms with van der Waals surface area (Å²) in [5, 5.41) is 4.54. The van der Waals surface area contributed by atoms with Crippen molar-refractivity contribution in [3.05, 3.63) is 35.5 Å². The average molecular weight is 288 g/mol. The highest BCUT2D eigenvalue weighted by atomic mass is 16.5. The fourth-order valence-electron chi connectivity index (χ4n) is 2.60. The Morgan fingerprint density at radius 3 is 2.48 bits per heavy atom. The van der Waals surface area contributed by atoms with E-state index in [1.807, 2.05) is 56.9 Å². The lowest BCUT2D eigenvalue weighted by Gasteiger charge is -2.22. The molecule has 5 nitrogen and oxygen atoms in total. The molecule has 0 saturated heterocycles. The smallest absolute Gasteiger partial charge is 0.134 e. The molecule has 0 amide bonds. The number of hydrogen-bond donors (Lipinski definition) is 1. The quantitative estimate of drug-likeness (QED) is 0.918. The molecule has 2 rings (SSSR count). The molecule has 2 N–H and O–H groups in total. The van der Waals surface area contributed by atoms with Crippen LogP contribution in [0.3, 0.4) is 0 Å². The Hall–Kier alpha value is -2.01. The molecule has 0 aliphatic carbocycles. The third-order valence-corrected chi connectivity index (χ3v) is 3.62. The second kappa shape index (κ2) is 6.18. The molecule has 0 aliphatic rings. The predicted molar refractivity (Wildman–Crippen MR) is 86.4 cm³/mol. The Balaban J connectivity index is 2.39. The molecule has 0 bridgehead atoms. The van der Waals surface area contributed by atoms with Crippen LogP contribution in [0.2, 0.25) is 0 Å². The van der Waals surface area contributed by atoms with Crippen molar-refractivity contribution >= 4 is 11.5 Å². The molecule has 5 heteroatoms. The van der Waals surface area contributed by atoms with E-state index >= 15 is 0 Å². The van der Waals surface area contributed by atoms with Crippen LogP contribution in [0.5, 0.6) is 5.75 Å². The summed E-state index contributed by atoms with van der Waals surface area (Å²) in [6, 6.07) is 8.10. The minimum Gasteiger partial charge on any atom is -0.497 e. The van der Waals surface area contributed by atoms with Gasteiger partial charge in [0, 0.05) is 31.4 Å². The maximum atomic E-state index is 5.98. The van der Waals surface area contributed by atoms with Crippen molar-refractivity contribution in [2.75, 3.05) is 19.1 Å². The first-order valence-corrected chi connectivity index (χ1v) is 7.10. The van der Waals surface area contributed by atoms with Gasteiger partial charge >= 0.3 is 0 Å². The van der Waals surface area contributed by atoms with E-state index in [0.29, 0.717) is 0 Å². The summed E-state index contributed by atoms with van der Waals surface area (Å²) in [5.74, 6) is 1.93. The monoisotopic (exact) mass is 288 g/mol. The molecular formula is C16H24N4O. The molecule has 1 aromatic heterocycles. The van der Waals surface area contributed by atoms with Gasteiger partial charge in [-0.15, -0.1) is 0 Å². The van der Waals surface area contributed by atoms with E-state index in [1.54, 1.807) is 7.11 Å². The molecule has 1 aromatic carbocycles. The van der Waals surface area contributed by atoms with E-state index in [0.717, 1.165) is 29.4 Å². The van der Waals surface area contributed by atoms with E-state index in [1.165, 1.54) is 5.56 Å². The van der Waals surface area contributed by atoms with Gasteiger partial charge in [0.05, 0.1) is 12.8 Å². The second-order valence-corrected chi connectivity index (χ2v) is 5.45. The van der Waals surface area contributed by atoms with Gasteiger partial charge in [0.25, 0.3) is 0 Å². The van der Waals surface area contributed by atoms with Crippen molar-refractivity contribution in [2.45, 2.75) is 26.3 Å². The van der Waals surface area contributed by atoms with Gasteiger partial charge in [0.2, 0.25) is 0 Å². The van der Waals surface area contributed by atoms with Gasteiger partial charge in [-0.3, -0.25) is 4.68 Å². The minimum absolute atomic E-state index is 0.107. The zero-order chi connectivity index (χ0) is 15.6. The number of aryl methyl sites for hydroxylation is 2. The van der Waals surface area contributed by atoms with Crippen LogP contribution in [0.1, 0.15) is 18.2 Å². The molecule has 0 aliphatic heterocycles. The van der Waals surface area contributed by atoms with E-state index < -0.39 is 0 Å². The standard InChI is InChI=1S/C16H24N4O/c1-11(17)10-15-12(2)18-20(4)16(15)19(3)13-6-8-14(21-5)9-7-13/h6-9,11H,10,17H2,1-5H3. The van der Waals surface area contributed by atoms with Crippen molar-refractivity contribution in [1.82, 2.24) is 9.78 Å². The molecule has 114 valence electrons. The lowest BCUT2D eigenvalue weighted by Crippen LogP contribution is -2.21. The summed E-state index contributed by atoms with van der Waals surface area (Å²) in [4.78, 5) is 2.14. The van der Waals surface area contributed by atoms with E-state index in [2.05, 4.69) is 10.00 Å². The number of rotatable bonds is 5. The van der Waals surface area contributed by atoms with Crippen molar-refractivity contribution < 1.29 is 4.74 Å². The molecule has 21 heavy (non-hydrogen) atoms. The molecule has 1 unspecified atom stereocenters. The zero-order valence-corrected chi connectivity index (χ0v) is 13.4. The summed E-state index contributed by atoms with van der Waals surface area (Å²) in [6.45, 7) is 4.05. The number of aromatic nitrogens is 2. The number of nitrogens with zero attached hydrogens (tertiary/aromatic N) is 3. The normalized spacial score (nSPS) is 12.3. The largest absolute Gasteiger partial charge is 0.497 e. The van der Waals surface area contributed by atoms with Gasteiger partial charge < -0.3 is 15.4 Å². The summed E-state index contributed by atoms with van der Waals surface area (Å²) in [5.41, 5.74) is 9.30. The van der Waals surface area contributed by atoms with Gasteiger partial charge in [-0.25, -0.2) is 0 Å². The summed E-state index contributed by atoms with van der Waals surface area (Å²) < 4.78 is 7.12. The molecule has 0 spiro atoms.